The Labute approximate surface area is 169 Å². The Morgan fingerprint density at radius 3 is 2.85 bits per heavy atom. The number of rotatable bonds is 4. The fourth-order valence-corrected chi connectivity index (χ4v) is 3.95. The summed E-state index contributed by atoms with van der Waals surface area (Å²) in [5.41, 5.74) is 1.98. The number of carbonyl (C=O) groups excluding carboxylic acids is 1. The summed E-state index contributed by atoms with van der Waals surface area (Å²) >= 11 is 13.3. The molecule has 0 spiro atoms. The molecule has 1 amide bonds. The van der Waals surface area contributed by atoms with Crippen molar-refractivity contribution in [3.05, 3.63) is 62.3 Å². The minimum Gasteiger partial charge on any atom is -0.454 e. The molecular formula is C18H13Cl2N3O3S. The first kappa shape index (κ1) is 18.0. The van der Waals surface area contributed by atoms with Crippen molar-refractivity contribution in [2.24, 2.45) is 0 Å². The van der Waals surface area contributed by atoms with Gasteiger partial charge < -0.3 is 9.47 Å². The second-order valence-corrected chi connectivity index (χ2v) is 7.69. The van der Waals surface area contributed by atoms with Gasteiger partial charge in [0, 0.05) is 11.3 Å². The van der Waals surface area contributed by atoms with Gasteiger partial charge in [0.15, 0.2) is 16.6 Å². The van der Waals surface area contributed by atoms with Crippen LogP contribution in [0.1, 0.15) is 26.6 Å². The number of benzene rings is 1. The van der Waals surface area contributed by atoms with Crippen molar-refractivity contribution in [1.29, 1.82) is 0 Å². The molecule has 3 heterocycles. The highest BCUT2D eigenvalue weighted by atomic mass is 35.5. The van der Waals surface area contributed by atoms with Gasteiger partial charge in [-0.1, -0.05) is 29.3 Å². The highest BCUT2D eigenvalue weighted by molar-refractivity contribution is 7.15. The monoisotopic (exact) mass is 421 g/mol. The topological polar surface area (TPSA) is 73.3 Å². The van der Waals surface area contributed by atoms with Crippen LogP contribution in [0.4, 0.5) is 5.13 Å². The number of thiazole rings is 1. The first-order valence-electron chi connectivity index (χ1n) is 7.98. The highest BCUT2D eigenvalue weighted by Crippen LogP contribution is 2.34. The summed E-state index contributed by atoms with van der Waals surface area (Å²) in [5.74, 6) is 1.04. The van der Waals surface area contributed by atoms with Crippen LogP contribution < -0.4 is 14.8 Å². The van der Waals surface area contributed by atoms with Gasteiger partial charge in [0.05, 0.1) is 10.7 Å². The first-order valence-corrected chi connectivity index (χ1v) is 9.55. The standard InChI is InChI=1S/C18H13Cl2N3O3S/c1-9-14(7-10-2-4-12-13(6-10)26-8-25-12)27-18(21-9)23-17(24)16-11(19)3-5-15(20)22-16/h2-6H,7-8H2,1H3,(H,21,23,24). The molecule has 2 aromatic heterocycles. The number of aromatic nitrogens is 2. The van der Waals surface area contributed by atoms with Gasteiger partial charge in [-0.2, -0.15) is 0 Å². The number of ether oxygens (including phenoxy) is 2. The third kappa shape index (κ3) is 3.85. The molecule has 9 heteroatoms. The second-order valence-electron chi connectivity index (χ2n) is 5.81. The van der Waals surface area contributed by atoms with Gasteiger partial charge in [0.25, 0.3) is 5.91 Å². The summed E-state index contributed by atoms with van der Waals surface area (Å²) in [4.78, 5) is 21.8. The molecule has 0 aliphatic carbocycles. The van der Waals surface area contributed by atoms with Crippen molar-refractivity contribution in [2.75, 3.05) is 12.1 Å². The van der Waals surface area contributed by atoms with Gasteiger partial charge in [-0.05, 0) is 36.8 Å². The average molecular weight is 422 g/mol. The molecule has 0 bridgehead atoms. The lowest BCUT2D eigenvalue weighted by Crippen LogP contribution is -2.14. The summed E-state index contributed by atoms with van der Waals surface area (Å²) in [6, 6.07) is 8.89. The maximum absolute atomic E-state index is 12.4. The van der Waals surface area contributed by atoms with E-state index < -0.39 is 5.91 Å². The van der Waals surface area contributed by atoms with Crippen molar-refractivity contribution in [2.45, 2.75) is 13.3 Å². The van der Waals surface area contributed by atoms with E-state index in [2.05, 4.69) is 15.3 Å². The third-order valence-electron chi connectivity index (χ3n) is 3.94. The SMILES string of the molecule is Cc1nc(NC(=O)c2nc(Cl)ccc2Cl)sc1Cc1ccc2c(c1)OCO2. The zero-order chi connectivity index (χ0) is 19.0. The zero-order valence-electron chi connectivity index (χ0n) is 14.1. The summed E-state index contributed by atoms with van der Waals surface area (Å²) in [5, 5.41) is 3.64. The lowest BCUT2D eigenvalue weighted by Gasteiger charge is -2.03. The minimum atomic E-state index is -0.453. The van der Waals surface area contributed by atoms with Crippen molar-refractivity contribution in [3.8, 4) is 11.5 Å². The fraction of sp³-hybridized carbons (Fsp3) is 0.167. The summed E-state index contributed by atoms with van der Waals surface area (Å²) in [6.45, 7) is 2.15. The molecule has 0 fully saturated rings. The molecule has 0 radical (unpaired) electrons. The number of nitrogens with zero attached hydrogens (tertiary/aromatic N) is 2. The Morgan fingerprint density at radius 2 is 2.00 bits per heavy atom. The molecular weight excluding hydrogens is 409 g/mol. The van der Waals surface area contributed by atoms with E-state index in [4.69, 9.17) is 32.7 Å². The number of anilines is 1. The maximum Gasteiger partial charge on any atom is 0.277 e. The molecule has 4 rings (SSSR count). The Balaban J connectivity index is 1.51. The number of carbonyl (C=O) groups is 1. The van der Waals surface area contributed by atoms with Crippen LogP contribution in [0.5, 0.6) is 11.5 Å². The summed E-state index contributed by atoms with van der Waals surface area (Å²) in [7, 11) is 0. The Kier molecular flexibility index (Phi) is 4.90. The van der Waals surface area contributed by atoms with Crippen LogP contribution in [0, 0.1) is 6.92 Å². The van der Waals surface area contributed by atoms with Gasteiger partial charge in [0.1, 0.15) is 10.8 Å². The largest absolute Gasteiger partial charge is 0.454 e. The number of nitrogens with one attached hydrogen (secondary N) is 1. The molecule has 138 valence electrons. The van der Waals surface area contributed by atoms with Gasteiger partial charge in [-0.15, -0.1) is 11.3 Å². The normalized spacial score (nSPS) is 12.3. The number of halogens is 2. The quantitative estimate of drug-likeness (QED) is 0.616. The average Bonchev–Trinajstić information content (AvgIpc) is 3.23. The van der Waals surface area contributed by atoms with Crippen LogP contribution >= 0.6 is 34.5 Å². The highest BCUT2D eigenvalue weighted by Gasteiger charge is 2.18. The smallest absolute Gasteiger partial charge is 0.277 e. The van der Waals surface area contributed by atoms with Crippen molar-refractivity contribution in [1.82, 2.24) is 9.97 Å². The molecule has 0 atom stereocenters. The predicted molar refractivity (Wildman–Crippen MR) is 104 cm³/mol. The van der Waals surface area contributed by atoms with Crippen LogP contribution in [0.15, 0.2) is 30.3 Å². The van der Waals surface area contributed by atoms with Crippen LogP contribution in [-0.2, 0) is 6.42 Å². The Morgan fingerprint density at radius 1 is 1.19 bits per heavy atom. The summed E-state index contributed by atoms with van der Waals surface area (Å²) < 4.78 is 10.7. The predicted octanol–water partition coefficient (Wildman–Crippen LogP) is 4.73. The third-order valence-corrected chi connectivity index (χ3v) is 5.53. The van der Waals surface area contributed by atoms with Gasteiger partial charge in [0.2, 0.25) is 6.79 Å². The minimum absolute atomic E-state index is 0.0642. The van der Waals surface area contributed by atoms with E-state index in [1.165, 1.54) is 23.5 Å². The molecule has 3 aromatic rings. The van der Waals surface area contributed by atoms with Crippen molar-refractivity contribution >= 4 is 45.6 Å². The first-order chi connectivity index (χ1) is 13.0. The molecule has 0 saturated carbocycles. The Bertz CT molecular complexity index is 1040. The number of aryl methyl sites for hydroxylation is 1. The van der Waals surface area contributed by atoms with E-state index in [1.54, 1.807) is 0 Å². The van der Waals surface area contributed by atoms with Crippen molar-refractivity contribution < 1.29 is 14.3 Å². The van der Waals surface area contributed by atoms with Gasteiger partial charge in [-0.25, -0.2) is 9.97 Å². The molecule has 1 aromatic carbocycles. The van der Waals surface area contributed by atoms with Crippen LogP contribution in [0.2, 0.25) is 10.2 Å². The Hall–Kier alpha value is -2.35. The maximum atomic E-state index is 12.4. The van der Waals surface area contributed by atoms with Crippen LogP contribution in [0.3, 0.4) is 0 Å². The molecule has 1 N–H and O–H groups in total. The van der Waals surface area contributed by atoms with E-state index in [-0.39, 0.29) is 22.7 Å². The lowest BCUT2D eigenvalue weighted by molar-refractivity contribution is 0.102. The molecule has 6 nitrogen and oxygen atoms in total. The molecule has 1 aliphatic heterocycles. The number of hydrogen-bond acceptors (Lipinski definition) is 6. The zero-order valence-corrected chi connectivity index (χ0v) is 16.4. The van der Waals surface area contributed by atoms with E-state index in [1.807, 2.05) is 25.1 Å². The number of hydrogen-bond donors (Lipinski definition) is 1. The van der Waals surface area contributed by atoms with E-state index in [0.717, 1.165) is 27.6 Å². The fourth-order valence-electron chi connectivity index (χ4n) is 2.62. The van der Waals surface area contributed by atoms with Gasteiger partial charge >= 0.3 is 0 Å². The molecule has 0 unspecified atom stereocenters. The number of amides is 1. The van der Waals surface area contributed by atoms with E-state index in [9.17, 15) is 4.79 Å². The van der Waals surface area contributed by atoms with E-state index in [0.29, 0.717) is 11.6 Å². The molecule has 0 saturated heterocycles. The molecule has 27 heavy (non-hydrogen) atoms. The molecule has 1 aliphatic rings. The van der Waals surface area contributed by atoms with Gasteiger partial charge in [-0.3, -0.25) is 10.1 Å². The van der Waals surface area contributed by atoms with E-state index >= 15 is 0 Å². The van der Waals surface area contributed by atoms with Crippen LogP contribution in [-0.4, -0.2) is 22.7 Å². The van der Waals surface area contributed by atoms with Crippen molar-refractivity contribution in [3.63, 3.8) is 0 Å². The number of fused-ring (bicyclic) bond motifs is 1. The van der Waals surface area contributed by atoms with Crippen LogP contribution in [0.25, 0.3) is 0 Å². The second kappa shape index (κ2) is 7.34. The summed E-state index contributed by atoms with van der Waals surface area (Å²) in [6.07, 6.45) is 0.673. The lowest BCUT2D eigenvalue weighted by atomic mass is 10.1. The number of pyridine rings is 1.